The maximum atomic E-state index is 14.0. The van der Waals surface area contributed by atoms with Crippen molar-refractivity contribution in [2.24, 2.45) is 12.5 Å². The minimum atomic E-state index is -4.91. The van der Waals surface area contributed by atoms with Gasteiger partial charge in [0, 0.05) is 35.1 Å². The second-order valence-electron chi connectivity index (χ2n) is 14.3. The SMILES string of the molecule is COC(=O)NCC(=O)NC(c1ccc(C(CO)N(CCC(C)(C)C)S(=O)(=O)c2ccc(-c3ccn(C)n3)cc2)s1)C(F)(F)F.c1ccc(Cc2ccccc2)cc1. The number of alkyl halides is 3. The molecule has 2 atom stereocenters. The molecule has 2 amide bonds. The molecule has 2 unspecified atom stereocenters. The van der Waals surface area contributed by atoms with Crippen LogP contribution in [0.25, 0.3) is 11.3 Å². The van der Waals surface area contributed by atoms with Crippen molar-refractivity contribution in [3.63, 3.8) is 0 Å². The number of carbonyl (C=O) groups is 2. The third-order valence-corrected chi connectivity index (χ3v) is 11.8. The topological polar surface area (TPSA) is 143 Å². The Morgan fingerprint density at radius 2 is 1.47 bits per heavy atom. The molecular formula is C41H48F3N5O6S2. The van der Waals surface area contributed by atoms with E-state index in [1.807, 2.05) is 31.4 Å². The fourth-order valence-corrected chi connectivity index (χ4v) is 8.45. The first-order valence-corrected chi connectivity index (χ1v) is 20.2. The fourth-order valence-electron chi connectivity index (χ4n) is 5.60. The lowest BCUT2D eigenvalue weighted by Gasteiger charge is -2.31. The van der Waals surface area contributed by atoms with Crippen LogP contribution in [0.5, 0.6) is 0 Å². The van der Waals surface area contributed by atoms with E-state index in [-0.39, 0.29) is 26.6 Å². The number of thiophene rings is 1. The first-order chi connectivity index (χ1) is 26.9. The van der Waals surface area contributed by atoms with Gasteiger partial charge in [0.05, 0.1) is 30.3 Å². The molecule has 2 aromatic heterocycles. The van der Waals surface area contributed by atoms with Crippen molar-refractivity contribution in [2.45, 2.75) is 56.8 Å². The van der Waals surface area contributed by atoms with Gasteiger partial charge in [-0.15, -0.1) is 11.3 Å². The number of rotatable bonds is 14. The minimum Gasteiger partial charge on any atom is -0.453 e. The van der Waals surface area contributed by atoms with Crippen LogP contribution in [-0.2, 0) is 33.0 Å². The molecule has 0 saturated heterocycles. The number of ether oxygens (including phenoxy) is 1. The monoisotopic (exact) mass is 827 g/mol. The zero-order valence-electron chi connectivity index (χ0n) is 32.4. The minimum absolute atomic E-state index is 0.0229. The molecule has 0 aliphatic rings. The summed E-state index contributed by atoms with van der Waals surface area (Å²) in [5.41, 5.74) is 3.77. The average molecular weight is 828 g/mol. The molecule has 306 valence electrons. The van der Waals surface area contributed by atoms with Crippen LogP contribution in [0.2, 0.25) is 0 Å². The first-order valence-electron chi connectivity index (χ1n) is 18.0. The zero-order valence-corrected chi connectivity index (χ0v) is 34.0. The van der Waals surface area contributed by atoms with Crippen LogP contribution in [0.15, 0.2) is 114 Å². The summed E-state index contributed by atoms with van der Waals surface area (Å²) in [6.07, 6.45) is -2.73. The molecule has 11 nitrogen and oxygen atoms in total. The average Bonchev–Trinajstić information content (AvgIpc) is 3.84. The highest BCUT2D eigenvalue weighted by atomic mass is 32.2. The number of aromatic nitrogens is 2. The van der Waals surface area contributed by atoms with E-state index >= 15 is 0 Å². The lowest BCUT2D eigenvalue weighted by atomic mass is 9.92. The number of nitrogens with zero attached hydrogens (tertiary/aromatic N) is 3. The third kappa shape index (κ3) is 13.3. The Morgan fingerprint density at radius 1 is 0.895 bits per heavy atom. The molecule has 57 heavy (non-hydrogen) atoms. The van der Waals surface area contributed by atoms with Crippen LogP contribution in [0.4, 0.5) is 18.0 Å². The van der Waals surface area contributed by atoms with Gasteiger partial charge in [-0.2, -0.15) is 22.6 Å². The van der Waals surface area contributed by atoms with E-state index in [0.717, 1.165) is 23.9 Å². The molecule has 0 aliphatic heterocycles. The lowest BCUT2D eigenvalue weighted by Crippen LogP contribution is -2.43. The van der Waals surface area contributed by atoms with E-state index in [4.69, 9.17) is 0 Å². The second-order valence-corrected chi connectivity index (χ2v) is 17.3. The van der Waals surface area contributed by atoms with Gasteiger partial charge < -0.3 is 20.5 Å². The largest absolute Gasteiger partial charge is 0.453 e. The number of hydrogen-bond acceptors (Lipinski definition) is 8. The number of aliphatic hydroxyl groups excluding tert-OH is 1. The van der Waals surface area contributed by atoms with Crippen molar-refractivity contribution in [3.8, 4) is 11.3 Å². The molecule has 0 bridgehead atoms. The van der Waals surface area contributed by atoms with E-state index in [0.29, 0.717) is 29.0 Å². The zero-order chi connectivity index (χ0) is 41.8. The molecule has 0 saturated carbocycles. The summed E-state index contributed by atoms with van der Waals surface area (Å²) in [6, 6.07) is 27.7. The van der Waals surface area contributed by atoms with Crippen LogP contribution in [-0.4, -0.2) is 72.6 Å². The summed E-state index contributed by atoms with van der Waals surface area (Å²) < 4.78 is 77.1. The summed E-state index contributed by atoms with van der Waals surface area (Å²) in [6.45, 7) is 4.27. The van der Waals surface area contributed by atoms with Gasteiger partial charge in [-0.25, -0.2) is 13.2 Å². The number of sulfonamides is 1. The molecule has 2 heterocycles. The molecule has 0 aliphatic carbocycles. The highest BCUT2D eigenvalue weighted by molar-refractivity contribution is 7.89. The summed E-state index contributed by atoms with van der Waals surface area (Å²) in [5, 5.41) is 18.6. The van der Waals surface area contributed by atoms with Gasteiger partial charge in [0.25, 0.3) is 0 Å². The van der Waals surface area contributed by atoms with E-state index < -0.39 is 53.4 Å². The molecule has 3 aromatic carbocycles. The van der Waals surface area contributed by atoms with Crippen LogP contribution >= 0.6 is 11.3 Å². The van der Waals surface area contributed by atoms with E-state index in [1.54, 1.807) is 36.1 Å². The van der Waals surface area contributed by atoms with Crippen molar-refractivity contribution < 1.29 is 41.0 Å². The Morgan fingerprint density at radius 3 is 1.96 bits per heavy atom. The van der Waals surface area contributed by atoms with Gasteiger partial charge in [-0.05, 0) is 59.7 Å². The van der Waals surface area contributed by atoms with Crippen molar-refractivity contribution >= 4 is 33.4 Å². The predicted molar refractivity (Wildman–Crippen MR) is 214 cm³/mol. The Balaban J connectivity index is 0.000000463. The van der Waals surface area contributed by atoms with Crippen LogP contribution in [0, 0.1) is 5.41 Å². The number of carbonyl (C=O) groups excluding carboxylic acids is 2. The maximum Gasteiger partial charge on any atom is 0.413 e. The van der Waals surface area contributed by atoms with E-state index in [9.17, 15) is 36.3 Å². The number of aryl methyl sites for hydroxylation is 1. The smallest absolute Gasteiger partial charge is 0.413 e. The van der Waals surface area contributed by atoms with Gasteiger partial charge >= 0.3 is 12.3 Å². The normalized spacial score (nSPS) is 12.9. The van der Waals surface area contributed by atoms with Crippen LogP contribution < -0.4 is 10.6 Å². The number of aliphatic hydroxyl groups is 1. The number of benzene rings is 3. The molecule has 0 spiro atoms. The quantitative estimate of drug-likeness (QED) is 0.104. The number of hydrogen-bond donors (Lipinski definition) is 3. The number of alkyl carbamates (subject to hydrolysis) is 1. The molecule has 3 N–H and O–H groups in total. The highest BCUT2D eigenvalue weighted by Crippen LogP contribution is 2.40. The molecule has 0 fully saturated rings. The second kappa shape index (κ2) is 19.9. The summed E-state index contributed by atoms with van der Waals surface area (Å²) >= 11 is 0.623. The first kappa shape index (κ1) is 44.7. The van der Waals surface area contributed by atoms with Crippen LogP contribution in [0.1, 0.15) is 60.2 Å². The summed E-state index contributed by atoms with van der Waals surface area (Å²) in [5.74, 6) is -1.12. The van der Waals surface area contributed by atoms with Crippen molar-refractivity contribution in [1.82, 2.24) is 24.7 Å². The van der Waals surface area contributed by atoms with Gasteiger partial charge in [0.15, 0.2) is 6.04 Å². The molecule has 0 radical (unpaired) electrons. The molecule has 5 rings (SSSR count). The Hall–Kier alpha value is -5.03. The van der Waals surface area contributed by atoms with Gasteiger partial charge in [0.2, 0.25) is 15.9 Å². The number of nitrogens with one attached hydrogen (secondary N) is 2. The highest BCUT2D eigenvalue weighted by Gasteiger charge is 2.43. The molecule has 5 aromatic rings. The Bertz CT molecular complexity index is 2100. The third-order valence-electron chi connectivity index (χ3n) is 8.64. The van der Waals surface area contributed by atoms with Crippen molar-refractivity contribution in [3.05, 3.63) is 130 Å². The molecular weight excluding hydrogens is 780 g/mol. The van der Waals surface area contributed by atoms with Gasteiger partial charge in [-0.3, -0.25) is 9.48 Å². The fraction of sp³-hybridized carbons (Fsp3) is 0.341. The van der Waals surface area contributed by atoms with E-state index in [1.165, 1.54) is 29.3 Å². The summed E-state index contributed by atoms with van der Waals surface area (Å²) in [7, 11) is -1.44. The van der Waals surface area contributed by atoms with Crippen molar-refractivity contribution in [1.29, 1.82) is 0 Å². The van der Waals surface area contributed by atoms with E-state index in [2.05, 4.69) is 70.5 Å². The standard InChI is InChI=1S/C28H36F3N5O6S2.C13H12/c1-27(2,3)13-15-36(44(40,41)19-8-6-18(7-9-19)20-12-14-35(4)34-20)21(17-37)22-10-11-23(43-22)25(28(29,30)31)33-24(38)16-32-26(39)42-5;1-3-7-12(8-4-1)11-13-9-5-2-6-10-13/h6-12,14,21,25,37H,13,15-17H2,1-5H3,(H,32,39)(H,33,38);1-10H,11H2. The maximum absolute atomic E-state index is 14.0. The predicted octanol–water partition coefficient (Wildman–Crippen LogP) is 7.66. The summed E-state index contributed by atoms with van der Waals surface area (Å²) in [4.78, 5) is 23.2. The Labute approximate surface area is 335 Å². The number of amides is 2. The van der Waals surface area contributed by atoms with Crippen molar-refractivity contribution in [2.75, 3.05) is 26.8 Å². The van der Waals surface area contributed by atoms with Gasteiger partial charge in [-0.1, -0.05) is 93.6 Å². The Kier molecular flexibility index (Phi) is 15.6. The van der Waals surface area contributed by atoms with Gasteiger partial charge in [0.1, 0.15) is 6.54 Å². The number of methoxy groups -OCH3 is 1. The number of halogens is 3. The van der Waals surface area contributed by atoms with Crippen LogP contribution in [0.3, 0.4) is 0 Å². The lowest BCUT2D eigenvalue weighted by molar-refractivity contribution is -0.162. The molecule has 16 heteroatoms.